The van der Waals surface area contributed by atoms with Crippen LogP contribution in [0.15, 0.2) is 97.2 Å². The molecule has 0 aliphatic carbocycles. The summed E-state index contributed by atoms with van der Waals surface area (Å²) in [5.74, 6) is -1.01. The molecule has 0 N–H and O–H groups in total. The maximum absolute atomic E-state index is 12.7. The standard InChI is InChI=1S/C49H78O6/c1-4-7-10-13-16-19-21-23-24-25-26-28-30-33-36-39-42-48(51)54-45-46(44-53-47(50)41-38-35-32-29-18-15-12-9-6-3)55-49(52)43-40-37-34-31-27-22-20-17-14-11-8-5-2/h7-12,16-20,23-24,26,28-29,46H,4-6,13-15,21-22,25,27,30-45H2,1-3H3/b10-7-,11-8-,12-9-,19-16-,20-17-,24-23-,28-26-,29-18-. The van der Waals surface area contributed by atoms with E-state index in [0.29, 0.717) is 19.3 Å². The molecule has 6 nitrogen and oxygen atoms in total. The van der Waals surface area contributed by atoms with E-state index in [1.807, 2.05) is 0 Å². The average Bonchev–Trinajstić information content (AvgIpc) is 3.18. The van der Waals surface area contributed by atoms with Crippen LogP contribution in [0.4, 0.5) is 0 Å². The molecule has 0 saturated carbocycles. The third-order valence-electron chi connectivity index (χ3n) is 8.56. The van der Waals surface area contributed by atoms with Gasteiger partial charge in [-0.3, -0.25) is 14.4 Å². The summed E-state index contributed by atoms with van der Waals surface area (Å²) >= 11 is 0. The van der Waals surface area contributed by atoms with Gasteiger partial charge >= 0.3 is 17.9 Å². The van der Waals surface area contributed by atoms with Crippen molar-refractivity contribution in [2.24, 2.45) is 0 Å². The first-order valence-corrected chi connectivity index (χ1v) is 21.7. The number of carbonyl (C=O) groups is 3. The molecule has 0 aromatic heterocycles. The number of ether oxygens (including phenoxy) is 3. The second-order valence-electron chi connectivity index (χ2n) is 13.8. The molecular weight excluding hydrogens is 685 g/mol. The smallest absolute Gasteiger partial charge is 0.306 e. The predicted molar refractivity (Wildman–Crippen MR) is 233 cm³/mol. The molecule has 55 heavy (non-hydrogen) atoms. The van der Waals surface area contributed by atoms with E-state index in [1.54, 1.807) is 0 Å². The maximum Gasteiger partial charge on any atom is 0.306 e. The van der Waals surface area contributed by atoms with Gasteiger partial charge in [0.2, 0.25) is 0 Å². The zero-order valence-corrected chi connectivity index (χ0v) is 35.1. The molecule has 0 heterocycles. The van der Waals surface area contributed by atoms with Crippen LogP contribution >= 0.6 is 0 Å². The Labute approximate surface area is 337 Å². The normalized spacial score (nSPS) is 13.0. The molecule has 1 atom stereocenters. The SMILES string of the molecule is CC/C=C\C/C=C\C/C=C\C/C=C\CCCCCC(=O)OCC(COC(=O)CCCC/C=C\C/C=C\CC)OC(=O)CCCCCCC/C=C\C/C=C\CC. The minimum Gasteiger partial charge on any atom is -0.462 e. The number of rotatable bonds is 37. The first kappa shape index (κ1) is 51.3. The van der Waals surface area contributed by atoms with Crippen LogP contribution in [0.2, 0.25) is 0 Å². The van der Waals surface area contributed by atoms with Gasteiger partial charge in [-0.2, -0.15) is 0 Å². The second-order valence-corrected chi connectivity index (χ2v) is 13.8. The van der Waals surface area contributed by atoms with Gasteiger partial charge in [0.25, 0.3) is 0 Å². The molecule has 0 aromatic rings. The first-order chi connectivity index (χ1) is 27.0. The highest BCUT2D eigenvalue weighted by Crippen LogP contribution is 2.11. The number of esters is 3. The molecule has 0 aliphatic rings. The zero-order valence-electron chi connectivity index (χ0n) is 35.1. The van der Waals surface area contributed by atoms with Gasteiger partial charge in [0, 0.05) is 19.3 Å². The third kappa shape index (κ3) is 41.3. The molecule has 6 heteroatoms. The zero-order chi connectivity index (χ0) is 40.1. The summed E-state index contributed by atoms with van der Waals surface area (Å²) in [5.41, 5.74) is 0. The van der Waals surface area contributed by atoms with Crippen LogP contribution in [0.5, 0.6) is 0 Å². The summed E-state index contributed by atoms with van der Waals surface area (Å²) in [6.45, 7) is 6.18. The van der Waals surface area contributed by atoms with Crippen molar-refractivity contribution in [3.8, 4) is 0 Å². The van der Waals surface area contributed by atoms with E-state index < -0.39 is 6.10 Å². The van der Waals surface area contributed by atoms with E-state index in [-0.39, 0.29) is 31.1 Å². The molecule has 0 aliphatic heterocycles. The lowest BCUT2D eigenvalue weighted by molar-refractivity contribution is -0.167. The summed E-state index contributed by atoms with van der Waals surface area (Å²) < 4.78 is 16.6. The lowest BCUT2D eigenvalue weighted by atomic mass is 10.1. The van der Waals surface area contributed by atoms with Gasteiger partial charge in [0.15, 0.2) is 6.10 Å². The molecule has 0 spiro atoms. The van der Waals surface area contributed by atoms with Crippen LogP contribution in [-0.2, 0) is 28.6 Å². The number of unbranched alkanes of at least 4 members (excludes halogenated alkanes) is 10. The van der Waals surface area contributed by atoms with Crippen LogP contribution in [0.25, 0.3) is 0 Å². The van der Waals surface area contributed by atoms with Crippen LogP contribution in [0.3, 0.4) is 0 Å². The summed E-state index contributed by atoms with van der Waals surface area (Å²) in [4.78, 5) is 37.6. The molecular formula is C49H78O6. The minimum absolute atomic E-state index is 0.112. The van der Waals surface area contributed by atoms with Crippen molar-refractivity contribution in [1.82, 2.24) is 0 Å². The highest BCUT2D eigenvalue weighted by molar-refractivity contribution is 5.71. The lowest BCUT2D eigenvalue weighted by Gasteiger charge is -2.18. The Morgan fingerprint density at radius 1 is 0.364 bits per heavy atom. The van der Waals surface area contributed by atoms with E-state index in [9.17, 15) is 14.4 Å². The van der Waals surface area contributed by atoms with Gasteiger partial charge in [0.05, 0.1) is 0 Å². The molecule has 0 saturated heterocycles. The molecule has 1 unspecified atom stereocenters. The third-order valence-corrected chi connectivity index (χ3v) is 8.56. The van der Waals surface area contributed by atoms with E-state index in [1.165, 1.54) is 0 Å². The van der Waals surface area contributed by atoms with Crippen molar-refractivity contribution in [3.05, 3.63) is 97.2 Å². The number of hydrogen-bond acceptors (Lipinski definition) is 6. The van der Waals surface area contributed by atoms with Crippen molar-refractivity contribution in [2.75, 3.05) is 13.2 Å². The molecule has 0 aromatic carbocycles. The number of carbonyl (C=O) groups excluding carboxylic acids is 3. The van der Waals surface area contributed by atoms with Crippen LogP contribution in [0.1, 0.15) is 175 Å². The van der Waals surface area contributed by atoms with E-state index in [2.05, 4.69) is 118 Å². The van der Waals surface area contributed by atoms with Crippen molar-refractivity contribution in [3.63, 3.8) is 0 Å². The van der Waals surface area contributed by atoms with Gasteiger partial charge in [-0.15, -0.1) is 0 Å². The second kappa shape index (κ2) is 43.1. The van der Waals surface area contributed by atoms with Crippen molar-refractivity contribution < 1.29 is 28.6 Å². The predicted octanol–water partition coefficient (Wildman–Crippen LogP) is 13.9. The fraction of sp³-hybridized carbons (Fsp3) is 0.612. The van der Waals surface area contributed by atoms with Crippen molar-refractivity contribution in [1.29, 1.82) is 0 Å². The Balaban J connectivity index is 4.48. The number of hydrogen-bond donors (Lipinski definition) is 0. The molecule has 0 bridgehead atoms. The van der Waals surface area contributed by atoms with Gasteiger partial charge < -0.3 is 14.2 Å². The first-order valence-electron chi connectivity index (χ1n) is 21.7. The fourth-order valence-corrected chi connectivity index (χ4v) is 5.39. The highest BCUT2D eigenvalue weighted by Gasteiger charge is 2.19. The highest BCUT2D eigenvalue weighted by atomic mass is 16.6. The Bertz CT molecular complexity index is 1150. The van der Waals surface area contributed by atoms with E-state index in [4.69, 9.17) is 14.2 Å². The topological polar surface area (TPSA) is 78.9 Å². The Morgan fingerprint density at radius 2 is 0.655 bits per heavy atom. The monoisotopic (exact) mass is 763 g/mol. The average molecular weight is 763 g/mol. The van der Waals surface area contributed by atoms with Crippen LogP contribution < -0.4 is 0 Å². The Kier molecular flexibility index (Phi) is 40.2. The molecule has 0 radical (unpaired) electrons. The molecule has 310 valence electrons. The maximum atomic E-state index is 12.7. The summed E-state index contributed by atoms with van der Waals surface area (Å²) in [5, 5.41) is 0. The van der Waals surface area contributed by atoms with Gasteiger partial charge in [-0.25, -0.2) is 0 Å². The van der Waals surface area contributed by atoms with Gasteiger partial charge in [-0.05, 0) is 109 Å². The molecule has 0 amide bonds. The Hall–Kier alpha value is -3.67. The van der Waals surface area contributed by atoms with Gasteiger partial charge in [0.1, 0.15) is 13.2 Å². The largest absolute Gasteiger partial charge is 0.462 e. The van der Waals surface area contributed by atoms with Crippen molar-refractivity contribution >= 4 is 17.9 Å². The molecule has 0 rings (SSSR count). The van der Waals surface area contributed by atoms with Crippen molar-refractivity contribution in [2.45, 2.75) is 181 Å². The summed E-state index contributed by atoms with van der Waals surface area (Å²) in [7, 11) is 0. The van der Waals surface area contributed by atoms with Gasteiger partial charge in [-0.1, -0.05) is 144 Å². The quantitative estimate of drug-likeness (QED) is 0.0271. The van der Waals surface area contributed by atoms with E-state index >= 15 is 0 Å². The van der Waals surface area contributed by atoms with E-state index in [0.717, 1.165) is 135 Å². The van der Waals surface area contributed by atoms with Crippen LogP contribution in [-0.4, -0.2) is 37.2 Å². The fourth-order valence-electron chi connectivity index (χ4n) is 5.39. The Morgan fingerprint density at radius 3 is 1.07 bits per heavy atom. The summed E-state index contributed by atoms with van der Waals surface area (Å²) in [6, 6.07) is 0. The minimum atomic E-state index is -0.809. The molecule has 0 fully saturated rings. The van der Waals surface area contributed by atoms with Crippen LogP contribution in [0, 0.1) is 0 Å². The number of allylic oxidation sites excluding steroid dienone is 16. The lowest BCUT2D eigenvalue weighted by Crippen LogP contribution is -2.30. The summed E-state index contributed by atoms with van der Waals surface area (Å²) in [6.07, 6.45) is 55.5.